The maximum Gasteiger partial charge on any atom is 0.132 e. The molecule has 0 bridgehead atoms. The van der Waals surface area contributed by atoms with E-state index in [4.69, 9.17) is 5.73 Å². The third-order valence-corrected chi connectivity index (χ3v) is 2.64. The molecule has 0 fully saturated rings. The van der Waals surface area contributed by atoms with Gasteiger partial charge in [-0.1, -0.05) is 6.92 Å². The van der Waals surface area contributed by atoms with Crippen LogP contribution in [0.25, 0.3) is 0 Å². The molecule has 96 valence electrons. The van der Waals surface area contributed by atoms with Crippen molar-refractivity contribution in [3.8, 4) is 0 Å². The van der Waals surface area contributed by atoms with Gasteiger partial charge >= 0.3 is 0 Å². The number of rotatable bonds is 4. The van der Waals surface area contributed by atoms with Crippen LogP contribution in [-0.2, 0) is 20.0 Å². The summed E-state index contributed by atoms with van der Waals surface area (Å²) in [5.74, 6) is 1.89. The van der Waals surface area contributed by atoms with Gasteiger partial charge in [0.25, 0.3) is 0 Å². The number of aryl methyl sites for hydroxylation is 3. The van der Waals surface area contributed by atoms with Crippen LogP contribution >= 0.6 is 0 Å². The lowest BCUT2D eigenvalue weighted by Crippen LogP contribution is -2.05. The standard InChI is InChI=1S/C12H18N6/c1-4-10-9(7-18(3)17-10)6-14-12-5-11(13)15-8(2)16-12/h5,7H,4,6H2,1-3H3,(H3,13,14,15,16). The van der Waals surface area contributed by atoms with Crippen molar-refractivity contribution >= 4 is 11.6 Å². The lowest BCUT2D eigenvalue weighted by Gasteiger charge is -2.06. The zero-order chi connectivity index (χ0) is 13.1. The minimum Gasteiger partial charge on any atom is -0.384 e. The number of nitrogens with two attached hydrogens (primary N) is 1. The Bertz CT molecular complexity index is 525. The van der Waals surface area contributed by atoms with Gasteiger partial charge in [0.15, 0.2) is 0 Å². The molecule has 2 heterocycles. The van der Waals surface area contributed by atoms with Crippen LogP contribution in [0.3, 0.4) is 0 Å². The minimum absolute atomic E-state index is 0.479. The Morgan fingerprint density at radius 2 is 2.17 bits per heavy atom. The maximum absolute atomic E-state index is 5.68. The summed E-state index contributed by atoms with van der Waals surface area (Å²) in [6, 6.07) is 1.73. The van der Waals surface area contributed by atoms with Crippen molar-refractivity contribution in [2.75, 3.05) is 11.1 Å². The van der Waals surface area contributed by atoms with E-state index in [1.165, 1.54) is 5.56 Å². The molecule has 6 nitrogen and oxygen atoms in total. The molecule has 0 amide bonds. The predicted molar refractivity (Wildman–Crippen MR) is 71.1 cm³/mol. The summed E-state index contributed by atoms with van der Waals surface area (Å²) in [6.45, 7) is 4.61. The Labute approximate surface area is 106 Å². The fourth-order valence-electron chi connectivity index (χ4n) is 1.90. The number of hydrogen-bond donors (Lipinski definition) is 2. The van der Waals surface area contributed by atoms with Crippen molar-refractivity contribution in [1.82, 2.24) is 19.7 Å². The summed E-state index contributed by atoms with van der Waals surface area (Å²) in [4.78, 5) is 8.32. The molecule has 0 spiro atoms. The number of nitrogen functional groups attached to an aromatic ring is 1. The van der Waals surface area contributed by atoms with Crippen LogP contribution in [0.5, 0.6) is 0 Å². The van der Waals surface area contributed by atoms with Crippen LogP contribution in [0.2, 0.25) is 0 Å². The van der Waals surface area contributed by atoms with Crippen LogP contribution in [-0.4, -0.2) is 19.7 Å². The van der Waals surface area contributed by atoms with Crippen molar-refractivity contribution in [2.45, 2.75) is 26.8 Å². The average Bonchev–Trinajstić information content (AvgIpc) is 2.66. The second kappa shape index (κ2) is 5.03. The van der Waals surface area contributed by atoms with Crippen molar-refractivity contribution in [3.05, 3.63) is 29.3 Å². The first-order chi connectivity index (χ1) is 8.58. The van der Waals surface area contributed by atoms with Crippen LogP contribution in [0, 0.1) is 6.92 Å². The summed E-state index contributed by atoms with van der Waals surface area (Å²) in [5, 5.41) is 7.64. The fourth-order valence-corrected chi connectivity index (χ4v) is 1.90. The normalized spacial score (nSPS) is 10.6. The third kappa shape index (κ3) is 2.77. The third-order valence-electron chi connectivity index (χ3n) is 2.64. The highest BCUT2D eigenvalue weighted by Gasteiger charge is 2.06. The van der Waals surface area contributed by atoms with Gasteiger partial charge in [0.1, 0.15) is 17.5 Å². The van der Waals surface area contributed by atoms with E-state index in [9.17, 15) is 0 Å². The van der Waals surface area contributed by atoms with Gasteiger partial charge in [-0.05, 0) is 13.3 Å². The number of nitrogens with zero attached hydrogens (tertiary/aromatic N) is 4. The van der Waals surface area contributed by atoms with Crippen molar-refractivity contribution in [3.63, 3.8) is 0 Å². The summed E-state index contributed by atoms with van der Waals surface area (Å²) < 4.78 is 1.83. The molecule has 0 radical (unpaired) electrons. The summed E-state index contributed by atoms with van der Waals surface area (Å²) in [7, 11) is 1.93. The molecule has 2 aromatic rings. The fraction of sp³-hybridized carbons (Fsp3) is 0.417. The van der Waals surface area contributed by atoms with Crippen molar-refractivity contribution in [1.29, 1.82) is 0 Å². The topological polar surface area (TPSA) is 81.7 Å². The number of anilines is 2. The van der Waals surface area contributed by atoms with E-state index in [1.54, 1.807) is 6.07 Å². The molecule has 0 aromatic carbocycles. The second-order valence-electron chi connectivity index (χ2n) is 4.21. The van der Waals surface area contributed by atoms with Crippen LogP contribution in [0.1, 0.15) is 24.0 Å². The summed E-state index contributed by atoms with van der Waals surface area (Å²) in [6.07, 6.45) is 2.94. The number of nitrogens with one attached hydrogen (secondary N) is 1. The van der Waals surface area contributed by atoms with E-state index in [0.717, 1.165) is 17.9 Å². The molecule has 3 N–H and O–H groups in total. The Morgan fingerprint density at radius 3 is 2.83 bits per heavy atom. The first kappa shape index (κ1) is 12.3. The van der Waals surface area contributed by atoms with Gasteiger partial charge in [0.05, 0.1) is 5.69 Å². The van der Waals surface area contributed by atoms with Crippen LogP contribution < -0.4 is 11.1 Å². The van der Waals surface area contributed by atoms with Gasteiger partial charge in [0, 0.05) is 31.4 Å². The van der Waals surface area contributed by atoms with E-state index in [0.29, 0.717) is 18.2 Å². The molecule has 18 heavy (non-hydrogen) atoms. The molecule has 0 aliphatic heterocycles. The zero-order valence-electron chi connectivity index (χ0n) is 10.9. The van der Waals surface area contributed by atoms with Gasteiger partial charge < -0.3 is 11.1 Å². The Kier molecular flexibility index (Phi) is 3.45. The van der Waals surface area contributed by atoms with Crippen molar-refractivity contribution < 1.29 is 0 Å². The maximum atomic E-state index is 5.68. The van der Waals surface area contributed by atoms with Gasteiger partial charge in [-0.15, -0.1) is 0 Å². The molecular weight excluding hydrogens is 228 g/mol. The monoisotopic (exact) mass is 246 g/mol. The van der Waals surface area contributed by atoms with Gasteiger partial charge in [0.2, 0.25) is 0 Å². The minimum atomic E-state index is 0.479. The molecule has 0 saturated carbocycles. The molecule has 2 rings (SSSR count). The van der Waals surface area contributed by atoms with E-state index in [1.807, 2.05) is 24.9 Å². The van der Waals surface area contributed by atoms with E-state index in [2.05, 4.69) is 27.3 Å². The highest BCUT2D eigenvalue weighted by atomic mass is 15.3. The largest absolute Gasteiger partial charge is 0.384 e. The van der Waals surface area contributed by atoms with Crippen LogP contribution in [0.4, 0.5) is 11.6 Å². The van der Waals surface area contributed by atoms with Crippen molar-refractivity contribution in [2.24, 2.45) is 7.05 Å². The quantitative estimate of drug-likeness (QED) is 0.849. The molecule has 0 aliphatic rings. The Morgan fingerprint density at radius 1 is 1.39 bits per heavy atom. The SMILES string of the molecule is CCc1nn(C)cc1CNc1cc(N)nc(C)n1. The molecular formula is C12H18N6. The molecule has 0 unspecified atom stereocenters. The second-order valence-corrected chi connectivity index (χ2v) is 4.21. The highest BCUT2D eigenvalue weighted by Crippen LogP contribution is 2.12. The zero-order valence-corrected chi connectivity index (χ0v) is 10.9. The molecule has 2 aromatic heterocycles. The van der Waals surface area contributed by atoms with Gasteiger partial charge in [-0.2, -0.15) is 5.10 Å². The van der Waals surface area contributed by atoms with E-state index >= 15 is 0 Å². The Hall–Kier alpha value is -2.11. The number of hydrogen-bond acceptors (Lipinski definition) is 5. The average molecular weight is 246 g/mol. The van der Waals surface area contributed by atoms with Gasteiger partial charge in [-0.3, -0.25) is 4.68 Å². The van der Waals surface area contributed by atoms with E-state index in [-0.39, 0.29) is 0 Å². The first-order valence-corrected chi connectivity index (χ1v) is 5.95. The highest BCUT2D eigenvalue weighted by molar-refractivity contribution is 5.45. The summed E-state index contributed by atoms with van der Waals surface area (Å²) in [5.41, 5.74) is 7.96. The molecule has 0 aliphatic carbocycles. The molecule has 6 heteroatoms. The lowest BCUT2D eigenvalue weighted by atomic mass is 10.2. The summed E-state index contributed by atoms with van der Waals surface area (Å²) >= 11 is 0. The Balaban J connectivity index is 2.11. The van der Waals surface area contributed by atoms with Crippen LogP contribution in [0.15, 0.2) is 12.3 Å². The smallest absolute Gasteiger partial charge is 0.132 e. The number of aromatic nitrogens is 4. The molecule has 0 atom stereocenters. The van der Waals surface area contributed by atoms with E-state index < -0.39 is 0 Å². The van der Waals surface area contributed by atoms with Gasteiger partial charge in [-0.25, -0.2) is 9.97 Å². The molecule has 0 saturated heterocycles. The predicted octanol–water partition coefficient (Wildman–Crippen LogP) is 1.28. The lowest BCUT2D eigenvalue weighted by molar-refractivity contribution is 0.746. The first-order valence-electron chi connectivity index (χ1n) is 5.95.